The van der Waals surface area contributed by atoms with E-state index in [0.717, 1.165) is 25.7 Å². The van der Waals surface area contributed by atoms with Crippen molar-refractivity contribution < 1.29 is 23.4 Å². The van der Waals surface area contributed by atoms with Crippen LogP contribution in [0.1, 0.15) is 31.2 Å². The van der Waals surface area contributed by atoms with Gasteiger partial charge in [0.1, 0.15) is 12.7 Å². The molecular formula is C22H20F2N2O3. The summed E-state index contributed by atoms with van der Waals surface area (Å²) < 4.78 is 40.5. The molecule has 3 aromatic rings. The van der Waals surface area contributed by atoms with Gasteiger partial charge in [-0.3, -0.25) is 0 Å². The van der Waals surface area contributed by atoms with Crippen molar-refractivity contribution in [3.05, 3.63) is 66.0 Å². The molecule has 1 aliphatic carbocycles. The highest BCUT2D eigenvalue weighted by atomic mass is 19.1. The molecule has 1 N–H and O–H groups in total. The second-order valence-electron chi connectivity index (χ2n) is 6.96. The molecule has 0 radical (unpaired) electrons. The van der Waals surface area contributed by atoms with Crippen LogP contribution in [0.2, 0.25) is 0 Å². The third-order valence-corrected chi connectivity index (χ3v) is 4.85. The third-order valence-electron chi connectivity index (χ3n) is 4.85. The van der Waals surface area contributed by atoms with Gasteiger partial charge in [0.15, 0.2) is 17.4 Å². The van der Waals surface area contributed by atoms with Gasteiger partial charge in [-0.05, 0) is 61.6 Å². The summed E-state index contributed by atoms with van der Waals surface area (Å²) in [5.41, 5.74) is 1.44. The van der Waals surface area contributed by atoms with Gasteiger partial charge < -0.3 is 14.6 Å². The number of aromatic hydroxyl groups is 1. The monoisotopic (exact) mass is 398 g/mol. The predicted octanol–water partition coefficient (Wildman–Crippen LogP) is 5.03. The fourth-order valence-corrected chi connectivity index (χ4v) is 3.38. The lowest BCUT2D eigenvalue weighted by Crippen LogP contribution is -2.12. The first-order valence-electron chi connectivity index (χ1n) is 9.48. The van der Waals surface area contributed by atoms with Crippen LogP contribution in [0.15, 0.2) is 48.8 Å². The molecule has 150 valence electrons. The van der Waals surface area contributed by atoms with Crippen LogP contribution in [0.3, 0.4) is 0 Å². The highest BCUT2D eigenvalue weighted by molar-refractivity contribution is 5.69. The SMILES string of the molecule is Oc1ccc(COc2c(F)cc(-c3cccnc3OC3CCCC3)cc2F)cn1. The van der Waals surface area contributed by atoms with Crippen LogP contribution < -0.4 is 9.47 Å². The fourth-order valence-electron chi connectivity index (χ4n) is 3.38. The fraction of sp³-hybridized carbons (Fsp3) is 0.273. The highest BCUT2D eigenvalue weighted by Crippen LogP contribution is 2.35. The number of rotatable bonds is 6. The maximum absolute atomic E-state index is 14.6. The normalized spacial score (nSPS) is 14.1. The molecule has 2 aromatic heterocycles. The summed E-state index contributed by atoms with van der Waals surface area (Å²) in [6, 6.07) is 8.80. The van der Waals surface area contributed by atoms with Gasteiger partial charge in [-0.2, -0.15) is 0 Å². The van der Waals surface area contributed by atoms with Crippen LogP contribution in [0.25, 0.3) is 11.1 Å². The molecule has 5 nitrogen and oxygen atoms in total. The molecule has 0 bridgehead atoms. The van der Waals surface area contributed by atoms with E-state index in [1.807, 2.05) is 0 Å². The molecular weight excluding hydrogens is 378 g/mol. The van der Waals surface area contributed by atoms with Crippen molar-refractivity contribution in [1.29, 1.82) is 0 Å². The zero-order chi connectivity index (χ0) is 20.2. The summed E-state index contributed by atoms with van der Waals surface area (Å²) in [7, 11) is 0. The summed E-state index contributed by atoms with van der Waals surface area (Å²) in [6.07, 6.45) is 7.19. The molecule has 4 rings (SSSR count). The standard InChI is InChI=1S/C22H20F2N2O3/c23-18-10-15(17-6-3-9-25-22(17)29-16-4-1-2-5-16)11-19(24)21(18)28-13-14-7-8-20(27)26-12-14/h3,6-12,16H,1-2,4-5,13H2,(H,26,27). The highest BCUT2D eigenvalue weighted by Gasteiger charge is 2.21. The quantitative estimate of drug-likeness (QED) is 0.631. The van der Waals surface area contributed by atoms with Crippen LogP contribution >= 0.6 is 0 Å². The van der Waals surface area contributed by atoms with Crippen molar-refractivity contribution in [2.24, 2.45) is 0 Å². The van der Waals surface area contributed by atoms with Crippen molar-refractivity contribution in [3.8, 4) is 28.6 Å². The molecule has 1 saturated carbocycles. The van der Waals surface area contributed by atoms with Gasteiger partial charge in [-0.1, -0.05) is 0 Å². The first-order chi connectivity index (χ1) is 14.1. The lowest BCUT2D eigenvalue weighted by atomic mass is 10.1. The average molecular weight is 398 g/mol. The molecule has 0 unspecified atom stereocenters. The van der Waals surface area contributed by atoms with E-state index < -0.39 is 17.4 Å². The molecule has 29 heavy (non-hydrogen) atoms. The summed E-state index contributed by atoms with van der Waals surface area (Å²) >= 11 is 0. The molecule has 0 aliphatic heterocycles. The van der Waals surface area contributed by atoms with E-state index in [1.165, 1.54) is 24.4 Å². The van der Waals surface area contributed by atoms with Crippen LogP contribution in [-0.4, -0.2) is 21.2 Å². The van der Waals surface area contributed by atoms with Gasteiger partial charge in [0, 0.05) is 29.6 Å². The van der Waals surface area contributed by atoms with Gasteiger partial charge in [0.25, 0.3) is 0 Å². The van der Waals surface area contributed by atoms with E-state index in [-0.39, 0.29) is 18.6 Å². The number of nitrogens with zero attached hydrogens (tertiary/aromatic N) is 2. The molecule has 7 heteroatoms. The van der Waals surface area contributed by atoms with E-state index in [0.29, 0.717) is 22.6 Å². The molecule has 0 amide bonds. The van der Waals surface area contributed by atoms with Gasteiger partial charge in [-0.25, -0.2) is 18.7 Å². The Bertz CT molecular complexity index is 967. The number of halogens is 2. The van der Waals surface area contributed by atoms with E-state index >= 15 is 0 Å². The van der Waals surface area contributed by atoms with Crippen molar-refractivity contribution in [2.45, 2.75) is 38.4 Å². The predicted molar refractivity (Wildman–Crippen MR) is 103 cm³/mol. The lowest BCUT2D eigenvalue weighted by Gasteiger charge is -2.16. The number of hydrogen-bond acceptors (Lipinski definition) is 5. The minimum Gasteiger partial charge on any atom is -0.493 e. The summed E-state index contributed by atoms with van der Waals surface area (Å²) in [4.78, 5) is 7.97. The number of aromatic nitrogens is 2. The molecule has 0 atom stereocenters. The summed E-state index contributed by atoms with van der Waals surface area (Å²) in [6.45, 7) is -0.0800. The molecule has 1 aromatic carbocycles. The molecule has 0 saturated heterocycles. The topological polar surface area (TPSA) is 64.5 Å². The van der Waals surface area contributed by atoms with Gasteiger partial charge in [0.2, 0.25) is 11.8 Å². The molecule has 1 fully saturated rings. The Hall–Kier alpha value is -3.22. The lowest BCUT2D eigenvalue weighted by molar-refractivity contribution is 0.202. The van der Waals surface area contributed by atoms with E-state index in [4.69, 9.17) is 9.47 Å². The Kier molecular flexibility index (Phi) is 5.55. The second kappa shape index (κ2) is 8.43. The largest absolute Gasteiger partial charge is 0.493 e. The summed E-state index contributed by atoms with van der Waals surface area (Å²) in [5, 5.41) is 9.19. The van der Waals surface area contributed by atoms with Crippen LogP contribution in [0.5, 0.6) is 17.5 Å². The Balaban J connectivity index is 1.56. The second-order valence-corrected chi connectivity index (χ2v) is 6.96. The number of benzene rings is 1. The molecule has 1 aliphatic rings. The Morgan fingerprint density at radius 1 is 1.03 bits per heavy atom. The Morgan fingerprint density at radius 3 is 2.48 bits per heavy atom. The molecule has 0 spiro atoms. The van der Waals surface area contributed by atoms with E-state index in [2.05, 4.69) is 9.97 Å². The van der Waals surface area contributed by atoms with Gasteiger partial charge in [0.05, 0.1) is 0 Å². The maximum atomic E-state index is 14.6. The minimum absolute atomic E-state index is 0.0800. The first kappa shape index (κ1) is 19.1. The van der Waals surface area contributed by atoms with Crippen molar-refractivity contribution in [1.82, 2.24) is 9.97 Å². The van der Waals surface area contributed by atoms with E-state index in [9.17, 15) is 13.9 Å². The van der Waals surface area contributed by atoms with Crippen molar-refractivity contribution >= 4 is 0 Å². The number of hydrogen-bond donors (Lipinski definition) is 1. The van der Waals surface area contributed by atoms with Crippen molar-refractivity contribution in [3.63, 3.8) is 0 Å². The third kappa shape index (κ3) is 4.45. The number of pyridine rings is 2. The average Bonchev–Trinajstić information content (AvgIpc) is 3.22. The maximum Gasteiger partial charge on any atom is 0.221 e. The summed E-state index contributed by atoms with van der Waals surface area (Å²) in [5.74, 6) is -1.86. The number of ether oxygens (including phenoxy) is 2. The zero-order valence-electron chi connectivity index (χ0n) is 15.6. The first-order valence-corrected chi connectivity index (χ1v) is 9.48. The Labute approximate surface area is 167 Å². The van der Waals surface area contributed by atoms with Crippen molar-refractivity contribution in [2.75, 3.05) is 0 Å². The van der Waals surface area contributed by atoms with Crippen LogP contribution in [0, 0.1) is 11.6 Å². The molecule has 2 heterocycles. The van der Waals surface area contributed by atoms with Gasteiger partial charge >= 0.3 is 0 Å². The van der Waals surface area contributed by atoms with Crippen LogP contribution in [0.4, 0.5) is 8.78 Å². The minimum atomic E-state index is -0.817. The smallest absolute Gasteiger partial charge is 0.221 e. The Morgan fingerprint density at radius 2 is 1.79 bits per heavy atom. The van der Waals surface area contributed by atoms with Crippen LogP contribution in [-0.2, 0) is 6.61 Å². The van der Waals surface area contributed by atoms with E-state index in [1.54, 1.807) is 24.4 Å². The van der Waals surface area contributed by atoms with Gasteiger partial charge in [-0.15, -0.1) is 0 Å². The zero-order valence-corrected chi connectivity index (χ0v) is 15.6.